The summed E-state index contributed by atoms with van der Waals surface area (Å²) >= 11 is 0. The van der Waals surface area contributed by atoms with Gasteiger partial charge in [-0.05, 0) is 18.2 Å². The number of nitrogens with zero attached hydrogens (tertiary/aromatic N) is 3. The molecule has 2 aromatic carbocycles. The molecule has 158 valence electrons. The molecular formula is C19H19N3O7S. The fourth-order valence-electron chi connectivity index (χ4n) is 3.13. The van der Waals surface area contributed by atoms with Crippen LogP contribution >= 0.6 is 0 Å². The summed E-state index contributed by atoms with van der Waals surface area (Å²) in [6.07, 6.45) is 0. The highest BCUT2D eigenvalue weighted by Crippen LogP contribution is 2.22. The van der Waals surface area contributed by atoms with Crippen molar-refractivity contribution in [2.75, 3.05) is 33.3 Å². The average molecular weight is 433 g/mol. The number of hydrogen-bond donors (Lipinski definition) is 0. The van der Waals surface area contributed by atoms with E-state index < -0.39 is 32.5 Å². The predicted octanol–water partition coefficient (Wildman–Crippen LogP) is 1.53. The summed E-state index contributed by atoms with van der Waals surface area (Å²) < 4.78 is 31.3. The zero-order valence-corrected chi connectivity index (χ0v) is 16.9. The topological polar surface area (TPSA) is 127 Å². The van der Waals surface area contributed by atoms with E-state index in [0.29, 0.717) is 0 Å². The summed E-state index contributed by atoms with van der Waals surface area (Å²) in [4.78, 5) is 36.7. The van der Waals surface area contributed by atoms with Gasteiger partial charge in [0.2, 0.25) is 10.0 Å². The van der Waals surface area contributed by atoms with Crippen LogP contribution in [0.3, 0.4) is 0 Å². The minimum atomic E-state index is -3.67. The van der Waals surface area contributed by atoms with Gasteiger partial charge in [0.05, 0.1) is 22.5 Å². The lowest BCUT2D eigenvalue weighted by Gasteiger charge is -2.34. The molecule has 30 heavy (non-hydrogen) atoms. The van der Waals surface area contributed by atoms with Gasteiger partial charge >= 0.3 is 5.97 Å². The highest BCUT2D eigenvalue weighted by atomic mass is 32.2. The number of esters is 1. The van der Waals surface area contributed by atoms with Crippen LogP contribution in [0.15, 0.2) is 53.4 Å². The number of methoxy groups -OCH3 is 1. The summed E-state index contributed by atoms with van der Waals surface area (Å²) in [5.74, 6) is -1.33. The first-order valence-electron chi connectivity index (χ1n) is 8.96. The Morgan fingerprint density at radius 3 is 2.17 bits per heavy atom. The Balaban J connectivity index is 1.78. The summed E-state index contributed by atoms with van der Waals surface area (Å²) in [5, 5.41) is 11.2. The van der Waals surface area contributed by atoms with Crippen LogP contribution in [0.4, 0.5) is 5.69 Å². The van der Waals surface area contributed by atoms with Gasteiger partial charge in [0.25, 0.3) is 11.6 Å². The minimum absolute atomic E-state index is 0.0380. The van der Waals surface area contributed by atoms with E-state index >= 15 is 0 Å². The molecule has 1 saturated heterocycles. The van der Waals surface area contributed by atoms with Gasteiger partial charge < -0.3 is 9.64 Å². The lowest BCUT2D eigenvalue weighted by molar-refractivity contribution is -0.384. The number of non-ortho nitro benzene ring substituents is 1. The van der Waals surface area contributed by atoms with Gasteiger partial charge in [0, 0.05) is 43.9 Å². The molecule has 1 heterocycles. The standard InChI is InChI=1S/C19H19N3O7S/c1-29-19(24)15-11-14(12-16(13-15)22(25)26)18(23)20-7-9-21(10-8-20)30(27,28)17-5-3-2-4-6-17/h2-6,11-13H,7-10H2,1H3. The van der Waals surface area contributed by atoms with Gasteiger partial charge in [-0.3, -0.25) is 14.9 Å². The third-order valence-corrected chi connectivity index (χ3v) is 6.62. The van der Waals surface area contributed by atoms with E-state index in [1.807, 2.05) is 0 Å². The molecule has 0 aromatic heterocycles. The summed E-state index contributed by atoms with van der Waals surface area (Å²) in [6.45, 7) is 0.395. The molecule has 0 bridgehead atoms. The number of hydrogen-bond acceptors (Lipinski definition) is 7. The number of piperazine rings is 1. The van der Waals surface area contributed by atoms with Crippen molar-refractivity contribution in [3.8, 4) is 0 Å². The van der Waals surface area contributed by atoms with Crippen molar-refractivity contribution in [1.29, 1.82) is 0 Å². The zero-order valence-electron chi connectivity index (χ0n) is 16.1. The van der Waals surface area contributed by atoms with Crippen LogP contribution in [0, 0.1) is 10.1 Å². The summed E-state index contributed by atoms with van der Waals surface area (Å²) in [6, 6.07) is 11.3. The van der Waals surface area contributed by atoms with Crippen LogP contribution in [-0.4, -0.2) is 67.7 Å². The molecule has 10 nitrogen and oxygen atoms in total. The maximum absolute atomic E-state index is 12.8. The Labute approximate surface area is 172 Å². The number of benzene rings is 2. The Hall–Kier alpha value is -3.31. The van der Waals surface area contributed by atoms with Gasteiger partial charge in [0.1, 0.15) is 0 Å². The molecule has 1 fully saturated rings. The van der Waals surface area contributed by atoms with E-state index in [0.717, 1.165) is 19.2 Å². The minimum Gasteiger partial charge on any atom is -0.465 e. The number of nitro benzene ring substituents is 1. The highest BCUT2D eigenvalue weighted by molar-refractivity contribution is 7.89. The van der Waals surface area contributed by atoms with Crippen molar-refractivity contribution < 1.29 is 27.7 Å². The number of amides is 1. The quantitative estimate of drug-likeness (QED) is 0.397. The van der Waals surface area contributed by atoms with E-state index in [1.165, 1.54) is 27.4 Å². The van der Waals surface area contributed by atoms with Gasteiger partial charge in [-0.25, -0.2) is 13.2 Å². The first-order valence-corrected chi connectivity index (χ1v) is 10.4. The first-order chi connectivity index (χ1) is 14.2. The molecule has 2 aromatic rings. The van der Waals surface area contributed by atoms with E-state index in [-0.39, 0.29) is 42.2 Å². The van der Waals surface area contributed by atoms with Crippen LogP contribution in [0.5, 0.6) is 0 Å². The SMILES string of the molecule is COC(=O)c1cc(C(=O)N2CCN(S(=O)(=O)c3ccccc3)CC2)cc([N+](=O)[O-])c1. The molecule has 1 amide bonds. The molecule has 11 heteroatoms. The Bertz CT molecular complexity index is 1080. The van der Waals surface area contributed by atoms with Gasteiger partial charge in [-0.15, -0.1) is 0 Å². The van der Waals surface area contributed by atoms with Crippen LogP contribution < -0.4 is 0 Å². The Morgan fingerprint density at radius 2 is 1.60 bits per heavy atom. The Kier molecular flexibility index (Phi) is 6.13. The first kappa shape index (κ1) is 21.4. The smallest absolute Gasteiger partial charge is 0.338 e. The van der Waals surface area contributed by atoms with E-state index in [2.05, 4.69) is 4.74 Å². The second-order valence-corrected chi connectivity index (χ2v) is 8.46. The fraction of sp³-hybridized carbons (Fsp3) is 0.263. The molecule has 1 aliphatic heterocycles. The second kappa shape index (κ2) is 8.59. The molecule has 0 atom stereocenters. The highest BCUT2D eigenvalue weighted by Gasteiger charge is 2.31. The molecule has 0 radical (unpaired) electrons. The van der Waals surface area contributed by atoms with Crippen LogP contribution in [0.25, 0.3) is 0 Å². The molecule has 0 spiro atoms. The number of ether oxygens (including phenoxy) is 1. The van der Waals surface area contributed by atoms with Crippen LogP contribution in [-0.2, 0) is 14.8 Å². The number of carbonyl (C=O) groups is 2. The molecule has 0 saturated carbocycles. The van der Waals surface area contributed by atoms with Crippen molar-refractivity contribution >= 4 is 27.6 Å². The molecule has 0 N–H and O–H groups in total. The van der Waals surface area contributed by atoms with Crippen LogP contribution in [0.2, 0.25) is 0 Å². The zero-order chi connectivity index (χ0) is 21.9. The number of carbonyl (C=O) groups excluding carboxylic acids is 2. The van der Waals surface area contributed by atoms with Crippen molar-refractivity contribution in [1.82, 2.24) is 9.21 Å². The van der Waals surface area contributed by atoms with Crippen molar-refractivity contribution in [3.63, 3.8) is 0 Å². The van der Waals surface area contributed by atoms with Crippen molar-refractivity contribution in [2.45, 2.75) is 4.90 Å². The summed E-state index contributed by atoms with van der Waals surface area (Å²) in [7, 11) is -2.54. The summed E-state index contributed by atoms with van der Waals surface area (Å²) in [5.41, 5.74) is -0.559. The number of rotatable bonds is 5. The third-order valence-electron chi connectivity index (χ3n) is 4.70. The molecule has 1 aliphatic rings. The normalized spacial score (nSPS) is 14.9. The van der Waals surface area contributed by atoms with Crippen LogP contribution in [0.1, 0.15) is 20.7 Å². The van der Waals surface area contributed by atoms with Gasteiger partial charge in [0.15, 0.2) is 0 Å². The number of nitro groups is 1. The van der Waals surface area contributed by atoms with Gasteiger partial charge in [-0.2, -0.15) is 4.31 Å². The lowest BCUT2D eigenvalue weighted by Crippen LogP contribution is -2.50. The molecule has 0 aliphatic carbocycles. The third kappa shape index (κ3) is 4.31. The second-order valence-electron chi connectivity index (χ2n) is 6.53. The monoisotopic (exact) mass is 433 g/mol. The van der Waals surface area contributed by atoms with Crippen molar-refractivity contribution in [3.05, 3.63) is 69.8 Å². The molecule has 3 rings (SSSR count). The average Bonchev–Trinajstić information content (AvgIpc) is 2.78. The largest absolute Gasteiger partial charge is 0.465 e. The predicted molar refractivity (Wildman–Crippen MR) is 106 cm³/mol. The van der Waals surface area contributed by atoms with Crippen molar-refractivity contribution in [2.24, 2.45) is 0 Å². The van der Waals surface area contributed by atoms with E-state index in [1.54, 1.807) is 18.2 Å². The van der Waals surface area contributed by atoms with E-state index in [4.69, 9.17) is 0 Å². The number of sulfonamides is 1. The maximum Gasteiger partial charge on any atom is 0.338 e. The van der Waals surface area contributed by atoms with E-state index in [9.17, 15) is 28.1 Å². The lowest BCUT2D eigenvalue weighted by atomic mass is 10.1. The Morgan fingerprint density at radius 1 is 1.00 bits per heavy atom. The van der Waals surface area contributed by atoms with Gasteiger partial charge in [-0.1, -0.05) is 18.2 Å². The maximum atomic E-state index is 12.8. The molecular weight excluding hydrogens is 414 g/mol. The fourth-order valence-corrected chi connectivity index (χ4v) is 4.57. The molecule has 0 unspecified atom stereocenters.